The number of amides is 1. The van der Waals surface area contributed by atoms with Gasteiger partial charge in [0.1, 0.15) is 0 Å². The third-order valence-electron chi connectivity index (χ3n) is 5.07. The van der Waals surface area contributed by atoms with E-state index in [1.165, 1.54) is 24.0 Å². The van der Waals surface area contributed by atoms with Gasteiger partial charge in [-0.1, -0.05) is 17.3 Å². The highest BCUT2D eigenvalue weighted by atomic mass is 16.2. The van der Waals surface area contributed by atoms with Crippen LogP contribution in [0.4, 0.5) is 5.69 Å². The van der Waals surface area contributed by atoms with Crippen LogP contribution in [-0.4, -0.2) is 34.0 Å². The van der Waals surface area contributed by atoms with Gasteiger partial charge in [0, 0.05) is 5.69 Å². The van der Waals surface area contributed by atoms with E-state index in [2.05, 4.69) is 27.0 Å². The first-order chi connectivity index (χ1) is 11.8. The maximum Gasteiger partial charge on any atom is 0.277 e. The topological polar surface area (TPSA) is 71.8 Å². The fraction of sp³-hybridized carbons (Fsp3) is 0.500. The minimum atomic E-state index is -0.172. The summed E-state index contributed by atoms with van der Waals surface area (Å²) >= 11 is 0. The Morgan fingerprint density at radius 2 is 2.04 bits per heavy atom. The van der Waals surface area contributed by atoms with Crippen LogP contribution >= 0.6 is 0 Å². The van der Waals surface area contributed by atoms with Gasteiger partial charge in [0.25, 0.3) is 5.91 Å². The molecule has 1 aromatic carbocycles. The maximum atomic E-state index is 12.6. The Balaban J connectivity index is 1.50. The number of nitrogens with one attached hydrogen (secondary N) is 2. The van der Waals surface area contributed by atoms with Crippen molar-refractivity contribution in [2.75, 3.05) is 18.4 Å². The van der Waals surface area contributed by atoms with E-state index in [4.69, 9.17) is 0 Å². The molecule has 2 aromatic rings. The van der Waals surface area contributed by atoms with Gasteiger partial charge in [0.15, 0.2) is 5.69 Å². The Bertz CT molecular complexity index is 733. The highest BCUT2D eigenvalue weighted by Crippen LogP contribution is 2.28. The van der Waals surface area contributed by atoms with Crippen LogP contribution in [0.3, 0.4) is 0 Å². The first-order valence-electron chi connectivity index (χ1n) is 8.86. The van der Waals surface area contributed by atoms with Crippen molar-refractivity contribution in [3.05, 3.63) is 41.2 Å². The van der Waals surface area contributed by atoms with Crippen LogP contribution in [0.15, 0.2) is 24.4 Å². The highest BCUT2D eigenvalue weighted by Gasteiger charge is 2.20. The van der Waals surface area contributed by atoms with Gasteiger partial charge in [-0.2, -0.15) is 0 Å². The molecule has 6 nitrogen and oxygen atoms in total. The monoisotopic (exact) mass is 325 g/mol. The van der Waals surface area contributed by atoms with E-state index < -0.39 is 0 Å². The Labute approximate surface area is 141 Å². The van der Waals surface area contributed by atoms with Gasteiger partial charge in [-0.3, -0.25) is 4.79 Å². The fourth-order valence-electron chi connectivity index (χ4n) is 3.72. The molecule has 0 atom stereocenters. The number of nitrogens with zero attached hydrogens (tertiary/aromatic N) is 3. The van der Waals surface area contributed by atoms with Crippen molar-refractivity contribution in [1.29, 1.82) is 0 Å². The summed E-state index contributed by atoms with van der Waals surface area (Å²) in [6.07, 6.45) is 8.38. The Kier molecular flexibility index (Phi) is 4.30. The van der Waals surface area contributed by atoms with Crippen LogP contribution in [0.5, 0.6) is 0 Å². The number of anilines is 1. The first-order valence-corrected chi connectivity index (χ1v) is 8.86. The van der Waals surface area contributed by atoms with Crippen LogP contribution in [0.1, 0.15) is 53.3 Å². The lowest BCUT2D eigenvalue weighted by Gasteiger charge is -2.22. The lowest BCUT2D eigenvalue weighted by atomic mass is 9.90. The second-order valence-electron chi connectivity index (χ2n) is 6.67. The molecule has 0 bridgehead atoms. The van der Waals surface area contributed by atoms with E-state index in [1.54, 1.807) is 6.20 Å². The number of hydrogen-bond acceptors (Lipinski definition) is 4. The van der Waals surface area contributed by atoms with E-state index in [-0.39, 0.29) is 5.91 Å². The van der Waals surface area contributed by atoms with Gasteiger partial charge in [-0.25, -0.2) is 4.68 Å². The van der Waals surface area contributed by atoms with Gasteiger partial charge < -0.3 is 10.6 Å². The summed E-state index contributed by atoms with van der Waals surface area (Å²) in [6.45, 7) is 1.98. The standard InChI is InChI=1S/C18H23N5O/c24-18(17-12-23(22-21-17)14-8-10-19-11-9-14)20-16-7-3-5-13-4-1-2-6-15(13)16/h3,5,7,12,14,19H,1-2,4,6,8-11H2,(H,20,24). The molecule has 0 spiro atoms. The molecule has 2 heterocycles. The molecule has 126 valence electrons. The molecule has 1 aliphatic carbocycles. The largest absolute Gasteiger partial charge is 0.320 e. The zero-order valence-corrected chi connectivity index (χ0v) is 13.8. The zero-order chi connectivity index (χ0) is 16.4. The Hall–Kier alpha value is -2.21. The number of aryl methyl sites for hydroxylation is 1. The molecule has 24 heavy (non-hydrogen) atoms. The van der Waals surface area contributed by atoms with Crippen molar-refractivity contribution in [3.8, 4) is 0 Å². The third-order valence-corrected chi connectivity index (χ3v) is 5.07. The first kappa shape index (κ1) is 15.3. The summed E-state index contributed by atoms with van der Waals surface area (Å²) in [5, 5.41) is 14.6. The van der Waals surface area contributed by atoms with Gasteiger partial charge in [0.2, 0.25) is 0 Å². The predicted molar refractivity (Wildman–Crippen MR) is 92.2 cm³/mol. The summed E-state index contributed by atoms with van der Waals surface area (Å²) in [4.78, 5) is 12.6. The lowest BCUT2D eigenvalue weighted by molar-refractivity contribution is 0.102. The highest BCUT2D eigenvalue weighted by molar-refractivity contribution is 6.03. The Morgan fingerprint density at radius 1 is 1.21 bits per heavy atom. The minimum absolute atomic E-state index is 0.172. The van der Waals surface area contributed by atoms with Crippen LogP contribution in [0.25, 0.3) is 0 Å². The SMILES string of the molecule is O=C(Nc1cccc2c1CCCC2)c1cn(C2CCNCC2)nn1. The van der Waals surface area contributed by atoms with Crippen LogP contribution in [0, 0.1) is 0 Å². The van der Waals surface area contributed by atoms with Crippen molar-refractivity contribution < 1.29 is 4.79 Å². The molecule has 0 saturated carbocycles. The summed E-state index contributed by atoms with van der Waals surface area (Å²) in [5.74, 6) is -0.172. The fourth-order valence-corrected chi connectivity index (χ4v) is 3.72. The van der Waals surface area contributed by atoms with Crippen LogP contribution in [0.2, 0.25) is 0 Å². The second kappa shape index (κ2) is 6.73. The average Bonchev–Trinajstić information content (AvgIpc) is 3.13. The molecular weight excluding hydrogens is 302 g/mol. The predicted octanol–water partition coefficient (Wildman–Crippen LogP) is 2.33. The molecule has 0 unspecified atom stereocenters. The molecule has 1 saturated heterocycles. The molecule has 4 rings (SSSR count). The Morgan fingerprint density at radius 3 is 2.92 bits per heavy atom. The van der Waals surface area contributed by atoms with Gasteiger partial charge >= 0.3 is 0 Å². The number of carbonyl (C=O) groups is 1. The number of carbonyl (C=O) groups excluding carboxylic acids is 1. The number of fused-ring (bicyclic) bond motifs is 1. The van der Waals surface area contributed by atoms with E-state index in [9.17, 15) is 4.79 Å². The molecule has 1 amide bonds. The minimum Gasteiger partial charge on any atom is -0.320 e. The average molecular weight is 325 g/mol. The molecular formula is C18H23N5O. The number of rotatable bonds is 3. The summed E-state index contributed by atoms with van der Waals surface area (Å²) in [7, 11) is 0. The lowest BCUT2D eigenvalue weighted by Crippen LogP contribution is -2.29. The van der Waals surface area contributed by atoms with E-state index in [0.29, 0.717) is 11.7 Å². The van der Waals surface area contributed by atoms with Gasteiger partial charge in [-0.15, -0.1) is 5.10 Å². The van der Waals surface area contributed by atoms with Crippen LogP contribution < -0.4 is 10.6 Å². The van der Waals surface area contributed by atoms with Crippen molar-refractivity contribution in [2.24, 2.45) is 0 Å². The van der Waals surface area contributed by atoms with Gasteiger partial charge in [0.05, 0.1) is 12.2 Å². The maximum absolute atomic E-state index is 12.6. The number of piperidine rings is 1. The number of aromatic nitrogens is 3. The van der Waals surface area contributed by atoms with Gasteiger partial charge in [-0.05, 0) is 68.8 Å². The third kappa shape index (κ3) is 3.06. The molecule has 1 fully saturated rings. The van der Waals surface area contributed by atoms with Crippen molar-refractivity contribution in [1.82, 2.24) is 20.3 Å². The number of hydrogen-bond donors (Lipinski definition) is 2. The quantitative estimate of drug-likeness (QED) is 0.908. The van der Waals surface area contributed by atoms with E-state index in [1.807, 2.05) is 16.8 Å². The zero-order valence-electron chi connectivity index (χ0n) is 13.8. The van der Waals surface area contributed by atoms with Crippen molar-refractivity contribution >= 4 is 11.6 Å². The summed E-state index contributed by atoms with van der Waals surface area (Å²) in [5.41, 5.74) is 3.95. The molecule has 1 aromatic heterocycles. The smallest absolute Gasteiger partial charge is 0.277 e. The van der Waals surface area contributed by atoms with E-state index >= 15 is 0 Å². The molecule has 0 radical (unpaired) electrons. The normalized spacial score (nSPS) is 18.2. The molecule has 1 aliphatic heterocycles. The van der Waals surface area contributed by atoms with Crippen LogP contribution in [-0.2, 0) is 12.8 Å². The second-order valence-corrected chi connectivity index (χ2v) is 6.67. The van der Waals surface area contributed by atoms with Crippen molar-refractivity contribution in [2.45, 2.75) is 44.6 Å². The number of benzene rings is 1. The summed E-state index contributed by atoms with van der Waals surface area (Å²) < 4.78 is 1.84. The summed E-state index contributed by atoms with van der Waals surface area (Å²) in [6, 6.07) is 6.51. The van der Waals surface area contributed by atoms with E-state index in [0.717, 1.165) is 44.5 Å². The molecule has 2 aliphatic rings. The molecule has 6 heteroatoms. The molecule has 2 N–H and O–H groups in total. The van der Waals surface area contributed by atoms with Crippen molar-refractivity contribution in [3.63, 3.8) is 0 Å².